The van der Waals surface area contributed by atoms with Gasteiger partial charge in [0.2, 0.25) is 0 Å². The molecule has 0 bridgehead atoms. The second-order valence-electron chi connectivity index (χ2n) is 9.76. The summed E-state index contributed by atoms with van der Waals surface area (Å²) in [6.45, 7) is 4.58. The molecule has 0 amide bonds. The molecule has 184 valence electrons. The van der Waals surface area contributed by atoms with E-state index in [-0.39, 0.29) is 0 Å². The molecule has 34 heavy (non-hydrogen) atoms. The van der Waals surface area contributed by atoms with Gasteiger partial charge in [0.1, 0.15) is 0 Å². The van der Waals surface area contributed by atoms with Crippen LogP contribution in [-0.4, -0.2) is 0 Å². The molecule has 0 unspecified atom stereocenters. The molecule has 0 radical (unpaired) electrons. The summed E-state index contributed by atoms with van der Waals surface area (Å²) in [5, 5.41) is 5.58. The van der Waals surface area contributed by atoms with Crippen LogP contribution in [0.5, 0.6) is 0 Å². The van der Waals surface area contributed by atoms with Gasteiger partial charge in [-0.2, -0.15) is 0 Å². The van der Waals surface area contributed by atoms with Gasteiger partial charge in [0.05, 0.1) is 0 Å². The highest BCUT2D eigenvalue weighted by Gasteiger charge is 2.15. The van der Waals surface area contributed by atoms with Crippen molar-refractivity contribution in [3.63, 3.8) is 0 Å². The van der Waals surface area contributed by atoms with Crippen LogP contribution in [0.1, 0.15) is 101 Å². The van der Waals surface area contributed by atoms with Gasteiger partial charge in [-0.1, -0.05) is 110 Å². The third-order valence-corrected chi connectivity index (χ3v) is 10.7. The Morgan fingerprint density at radius 1 is 0.500 bits per heavy atom. The fourth-order valence-corrected chi connectivity index (χ4v) is 8.82. The number of rotatable bonds is 14. The van der Waals surface area contributed by atoms with Crippen molar-refractivity contribution < 1.29 is 0 Å². The van der Waals surface area contributed by atoms with E-state index in [2.05, 4.69) is 70.0 Å². The zero-order valence-corrected chi connectivity index (χ0v) is 25.6. The highest BCUT2D eigenvalue weighted by Crippen LogP contribution is 2.45. The molecule has 0 aliphatic heterocycles. The van der Waals surface area contributed by atoms with E-state index in [9.17, 15) is 0 Å². The van der Waals surface area contributed by atoms with Crippen LogP contribution in [-0.2, 0) is 12.8 Å². The van der Waals surface area contributed by atoms with Crippen molar-refractivity contribution in [3.8, 4) is 0 Å². The van der Waals surface area contributed by atoms with Crippen LogP contribution < -0.4 is 0 Å². The highest BCUT2D eigenvalue weighted by atomic mass is 79.9. The fourth-order valence-electron chi connectivity index (χ4n) is 4.98. The third kappa shape index (κ3) is 6.47. The Balaban J connectivity index is 1.54. The molecule has 0 saturated carbocycles. The minimum absolute atomic E-state index is 1.21. The number of halogens is 2. The molecule has 0 N–H and O–H groups in total. The van der Waals surface area contributed by atoms with Crippen molar-refractivity contribution in [2.24, 2.45) is 0 Å². The Morgan fingerprint density at radius 2 is 0.882 bits per heavy atom. The average molecular weight is 623 g/mol. The molecule has 4 aromatic rings. The molecule has 0 aliphatic rings. The predicted molar refractivity (Wildman–Crippen MR) is 164 cm³/mol. The van der Waals surface area contributed by atoms with E-state index in [0.29, 0.717) is 0 Å². The van der Waals surface area contributed by atoms with Crippen molar-refractivity contribution in [1.82, 2.24) is 0 Å². The van der Waals surface area contributed by atoms with Crippen LogP contribution in [0.25, 0.3) is 30.9 Å². The molecule has 0 atom stereocenters. The summed E-state index contributed by atoms with van der Waals surface area (Å²) in [6, 6.07) is 9.62. The minimum atomic E-state index is 1.21. The van der Waals surface area contributed by atoms with Crippen molar-refractivity contribution in [2.75, 3.05) is 0 Å². The molecule has 0 spiro atoms. The van der Waals surface area contributed by atoms with E-state index >= 15 is 0 Å². The second-order valence-corrected chi connectivity index (χ2v) is 13.7. The Morgan fingerprint density at radius 3 is 1.29 bits per heavy atom. The lowest BCUT2D eigenvalue weighted by Crippen LogP contribution is -1.82. The zero-order valence-electron chi connectivity index (χ0n) is 20.8. The molecule has 0 aliphatic carbocycles. The van der Waals surface area contributed by atoms with E-state index in [1.807, 2.05) is 22.7 Å². The van der Waals surface area contributed by atoms with Gasteiger partial charge in [-0.15, -0.1) is 22.7 Å². The predicted octanol–water partition coefficient (Wildman–Crippen LogP) is 12.6. The monoisotopic (exact) mass is 620 g/mol. The molecule has 4 heteroatoms. The Labute approximate surface area is 230 Å². The molecular formula is C30H38Br2S2. The van der Waals surface area contributed by atoms with E-state index in [1.165, 1.54) is 140 Å². The van der Waals surface area contributed by atoms with E-state index in [0.717, 1.165) is 0 Å². The van der Waals surface area contributed by atoms with Crippen LogP contribution >= 0.6 is 54.5 Å². The van der Waals surface area contributed by atoms with Crippen LogP contribution in [0.3, 0.4) is 0 Å². The molecule has 2 heterocycles. The van der Waals surface area contributed by atoms with Gasteiger partial charge in [0, 0.05) is 49.6 Å². The van der Waals surface area contributed by atoms with Crippen LogP contribution in [0.4, 0.5) is 0 Å². The Hall–Kier alpha value is -0.420. The van der Waals surface area contributed by atoms with Gasteiger partial charge in [-0.05, 0) is 49.9 Å². The first-order valence-corrected chi connectivity index (χ1v) is 16.6. The molecule has 2 aromatic carbocycles. The largest absolute Gasteiger partial charge is 0.140 e. The topological polar surface area (TPSA) is 0 Å². The normalized spacial score (nSPS) is 12.0. The number of aryl methyl sites for hydroxylation is 2. The Bertz CT molecular complexity index is 1120. The number of benzene rings is 2. The maximum atomic E-state index is 3.92. The first-order valence-electron chi connectivity index (χ1n) is 13.4. The lowest BCUT2D eigenvalue weighted by molar-refractivity contribution is 0.609. The number of thiophene rings is 2. The number of fused-ring (bicyclic) bond motifs is 5. The van der Waals surface area contributed by atoms with Gasteiger partial charge in [0.25, 0.3) is 0 Å². The number of hydrogen-bond acceptors (Lipinski definition) is 2. The second kappa shape index (κ2) is 13.2. The van der Waals surface area contributed by atoms with Crippen molar-refractivity contribution in [3.05, 3.63) is 43.0 Å². The summed E-state index contributed by atoms with van der Waals surface area (Å²) < 4.78 is 5.38. The Kier molecular flexibility index (Phi) is 10.4. The lowest BCUT2D eigenvalue weighted by atomic mass is 10.1. The SMILES string of the molecule is CCCCCCCCc1cc2c(Br)cc3c(cc(Br)c4cc(CCCCCCCC)sc43)c2s1. The minimum Gasteiger partial charge on any atom is -0.140 e. The molecule has 0 fully saturated rings. The summed E-state index contributed by atoms with van der Waals surface area (Å²) in [5.41, 5.74) is 0. The highest BCUT2D eigenvalue weighted by molar-refractivity contribution is 9.11. The van der Waals surface area contributed by atoms with Gasteiger partial charge < -0.3 is 0 Å². The summed E-state index contributed by atoms with van der Waals surface area (Å²) in [4.78, 5) is 3.06. The van der Waals surface area contributed by atoms with Crippen LogP contribution in [0, 0.1) is 0 Å². The summed E-state index contributed by atoms with van der Waals surface area (Å²) in [6.07, 6.45) is 18.7. The van der Waals surface area contributed by atoms with Gasteiger partial charge >= 0.3 is 0 Å². The lowest BCUT2D eigenvalue weighted by Gasteiger charge is -2.05. The molecule has 0 saturated heterocycles. The van der Waals surface area contributed by atoms with Gasteiger partial charge in [-0.3, -0.25) is 0 Å². The van der Waals surface area contributed by atoms with E-state index in [4.69, 9.17) is 0 Å². The standard InChI is InChI=1S/C30H38Br2S2/c1-3-5-7-9-11-13-15-21-17-25-27(31)20-24-23(29(25)33-21)19-28(32)26-18-22(34-30(24)26)16-14-12-10-8-6-4-2/h17-20H,3-16H2,1-2H3. The van der Waals surface area contributed by atoms with Crippen molar-refractivity contribution >= 4 is 85.5 Å². The summed E-state index contributed by atoms with van der Waals surface area (Å²) in [7, 11) is 0. The fraction of sp³-hybridized carbons (Fsp3) is 0.533. The summed E-state index contributed by atoms with van der Waals surface area (Å²) in [5.74, 6) is 0. The van der Waals surface area contributed by atoms with E-state index in [1.54, 1.807) is 0 Å². The van der Waals surface area contributed by atoms with Crippen LogP contribution in [0.2, 0.25) is 0 Å². The van der Waals surface area contributed by atoms with Gasteiger partial charge in [-0.25, -0.2) is 0 Å². The van der Waals surface area contributed by atoms with Crippen LogP contribution in [0.15, 0.2) is 33.2 Å². The quantitative estimate of drug-likeness (QED) is 0.123. The van der Waals surface area contributed by atoms with Crippen molar-refractivity contribution in [2.45, 2.75) is 104 Å². The maximum Gasteiger partial charge on any atom is 0.0436 e. The van der Waals surface area contributed by atoms with Gasteiger partial charge in [0.15, 0.2) is 0 Å². The summed E-state index contributed by atoms with van der Waals surface area (Å²) >= 11 is 11.9. The first kappa shape index (κ1) is 26.6. The smallest absolute Gasteiger partial charge is 0.0436 e. The molecular weight excluding hydrogens is 584 g/mol. The molecule has 2 aromatic heterocycles. The average Bonchev–Trinajstić information content (AvgIpc) is 3.45. The maximum absolute atomic E-state index is 3.92. The first-order chi connectivity index (χ1) is 16.6. The molecule has 0 nitrogen and oxygen atoms in total. The zero-order chi connectivity index (χ0) is 23.9. The van der Waals surface area contributed by atoms with Crippen molar-refractivity contribution in [1.29, 1.82) is 0 Å². The third-order valence-electron chi connectivity index (χ3n) is 6.96. The number of unbranched alkanes of at least 4 members (excludes halogenated alkanes) is 10. The van der Waals surface area contributed by atoms with E-state index < -0.39 is 0 Å². The number of hydrogen-bond donors (Lipinski definition) is 0. The molecule has 4 rings (SSSR count).